The summed E-state index contributed by atoms with van der Waals surface area (Å²) in [5.74, 6) is 6.21. The van der Waals surface area contributed by atoms with Gasteiger partial charge in [0.15, 0.2) is 0 Å². The summed E-state index contributed by atoms with van der Waals surface area (Å²) in [6.45, 7) is 12.7. The fraction of sp³-hybridized carbons (Fsp3) is 0.444. The maximum absolute atomic E-state index is 13.5. The van der Waals surface area contributed by atoms with Crippen LogP contribution in [0, 0.1) is 31.1 Å². The molecule has 188 valence electrons. The van der Waals surface area contributed by atoms with Crippen LogP contribution in [0.3, 0.4) is 0 Å². The molecule has 0 unspecified atom stereocenters. The summed E-state index contributed by atoms with van der Waals surface area (Å²) in [6.07, 6.45) is 0. The average Bonchev–Trinajstić information content (AvgIpc) is 3.21. The van der Waals surface area contributed by atoms with Crippen LogP contribution in [0.2, 0.25) is 0 Å². The number of nitrogens with zero attached hydrogens (tertiary/aromatic N) is 2. The molecule has 2 amide bonds. The number of hydrogen-bond acceptors (Lipinski definition) is 6. The topological polar surface area (TPSA) is 76.2 Å². The van der Waals surface area contributed by atoms with E-state index < -0.39 is 0 Å². The zero-order valence-electron chi connectivity index (χ0n) is 21.3. The predicted octanol–water partition coefficient (Wildman–Crippen LogP) is 4.06. The van der Waals surface area contributed by atoms with E-state index in [0.29, 0.717) is 38.3 Å². The second kappa shape index (κ2) is 13.1. The maximum atomic E-state index is 13.5. The molecule has 7 nitrogen and oxygen atoms in total. The van der Waals surface area contributed by atoms with Crippen LogP contribution in [0.15, 0.2) is 30.3 Å². The first kappa shape index (κ1) is 28.1. The van der Waals surface area contributed by atoms with E-state index in [1.807, 2.05) is 44.2 Å². The Morgan fingerprint density at radius 1 is 1.17 bits per heavy atom. The van der Waals surface area contributed by atoms with Gasteiger partial charge in [-0.15, -0.1) is 11.3 Å². The number of carbonyl (C=O) groups is 3. The van der Waals surface area contributed by atoms with E-state index >= 15 is 0 Å². The minimum absolute atomic E-state index is 0.00355. The fourth-order valence-electron chi connectivity index (χ4n) is 3.22. The minimum atomic E-state index is -0.183. The summed E-state index contributed by atoms with van der Waals surface area (Å²) in [7, 11) is 1.31. The van der Waals surface area contributed by atoms with Gasteiger partial charge in [0.1, 0.15) is 6.54 Å². The lowest BCUT2D eigenvalue weighted by Crippen LogP contribution is -2.47. The van der Waals surface area contributed by atoms with Crippen molar-refractivity contribution in [3.05, 3.63) is 51.2 Å². The molecule has 2 heterocycles. The Hall–Kier alpha value is -3.15. The SMILES string of the molecule is COC=O.Cc1ccc(C(=O)N(CC(=O)N2CCOCC2)c2cc(C#CC(C)(C)C)sc2C)cc1. The van der Waals surface area contributed by atoms with Gasteiger partial charge in [-0.05, 0) is 52.8 Å². The summed E-state index contributed by atoms with van der Waals surface area (Å²) in [4.78, 5) is 40.6. The highest BCUT2D eigenvalue weighted by molar-refractivity contribution is 7.13. The number of rotatable bonds is 5. The Kier molecular flexibility index (Phi) is 10.5. The average molecular weight is 499 g/mol. The molecule has 1 aliphatic rings. The normalized spacial score (nSPS) is 13.0. The summed E-state index contributed by atoms with van der Waals surface area (Å²) in [5.41, 5.74) is 2.28. The highest BCUT2D eigenvalue weighted by Gasteiger charge is 2.27. The van der Waals surface area contributed by atoms with E-state index in [0.717, 1.165) is 21.0 Å². The second-order valence-electron chi connectivity index (χ2n) is 9.13. The predicted molar refractivity (Wildman–Crippen MR) is 139 cm³/mol. The molecule has 1 aromatic carbocycles. The Balaban J connectivity index is 0.00000100. The molecule has 0 atom stereocenters. The van der Waals surface area contributed by atoms with Gasteiger partial charge >= 0.3 is 0 Å². The van der Waals surface area contributed by atoms with E-state index in [1.54, 1.807) is 21.1 Å². The third kappa shape index (κ3) is 8.85. The summed E-state index contributed by atoms with van der Waals surface area (Å²) >= 11 is 1.55. The van der Waals surface area contributed by atoms with Gasteiger partial charge < -0.3 is 14.4 Å². The summed E-state index contributed by atoms with van der Waals surface area (Å²) in [5, 5.41) is 0. The van der Waals surface area contributed by atoms with Crippen LogP contribution in [0.25, 0.3) is 0 Å². The number of amides is 2. The number of hydrogen-bond donors (Lipinski definition) is 0. The molecule has 1 aliphatic heterocycles. The van der Waals surface area contributed by atoms with Gasteiger partial charge in [-0.2, -0.15) is 0 Å². The van der Waals surface area contributed by atoms with Gasteiger partial charge in [0.2, 0.25) is 5.91 Å². The summed E-state index contributed by atoms with van der Waals surface area (Å²) in [6, 6.07) is 9.38. The van der Waals surface area contributed by atoms with E-state index in [1.165, 1.54) is 7.11 Å². The molecule has 3 rings (SSSR count). The standard InChI is InChI=1S/C25H30N2O3S.C2H4O2/c1-18-6-8-20(9-7-18)24(29)27(17-23(28)26-12-14-30-15-13-26)22-16-21(31-19(22)2)10-11-25(3,4)5;1-4-2-3/h6-9,16H,12-15,17H2,1-5H3;2H,1H3. The molecular weight excluding hydrogens is 464 g/mol. The zero-order valence-corrected chi connectivity index (χ0v) is 22.2. The zero-order chi connectivity index (χ0) is 26.0. The molecule has 0 N–H and O–H groups in total. The van der Waals surface area contributed by atoms with Crippen molar-refractivity contribution < 1.29 is 23.9 Å². The first-order valence-electron chi connectivity index (χ1n) is 11.4. The van der Waals surface area contributed by atoms with Gasteiger partial charge in [0, 0.05) is 28.9 Å². The quantitative estimate of drug-likeness (QED) is 0.459. The minimum Gasteiger partial charge on any atom is -0.471 e. The molecular formula is C27H34N2O5S. The van der Waals surface area contributed by atoms with Crippen molar-refractivity contribution >= 4 is 35.3 Å². The van der Waals surface area contributed by atoms with Crippen LogP contribution in [0.5, 0.6) is 0 Å². The number of benzene rings is 1. The van der Waals surface area contributed by atoms with Crippen LogP contribution >= 0.6 is 11.3 Å². The van der Waals surface area contributed by atoms with Gasteiger partial charge in [-0.3, -0.25) is 19.3 Å². The largest absolute Gasteiger partial charge is 0.471 e. The van der Waals surface area contributed by atoms with Crippen LogP contribution < -0.4 is 4.90 Å². The van der Waals surface area contributed by atoms with Crippen molar-refractivity contribution in [3.8, 4) is 11.8 Å². The summed E-state index contributed by atoms with van der Waals surface area (Å²) < 4.78 is 9.22. The van der Waals surface area contributed by atoms with E-state index in [-0.39, 0.29) is 23.8 Å². The molecule has 2 aromatic rings. The maximum Gasteiger partial charge on any atom is 0.292 e. The third-order valence-corrected chi connectivity index (χ3v) is 6.00. The number of thiophene rings is 1. The lowest BCUT2D eigenvalue weighted by atomic mass is 9.98. The van der Waals surface area contributed by atoms with Gasteiger partial charge in [-0.25, -0.2) is 0 Å². The van der Waals surface area contributed by atoms with Gasteiger partial charge in [-0.1, -0.05) is 29.5 Å². The number of anilines is 1. The van der Waals surface area contributed by atoms with Gasteiger partial charge in [0.25, 0.3) is 12.4 Å². The Bertz CT molecular complexity index is 1070. The van der Waals surface area contributed by atoms with Gasteiger partial charge in [0.05, 0.1) is 30.9 Å². The van der Waals surface area contributed by atoms with Crippen LogP contribution in [0.4, 0.5) is 5.69 Å². The van der Waals surface area contributed by atoms with Crippen molar-refractivity contribution in [1.82, 2.24) is 4.90 Å². The van der Waals surface area contributed by atoms with Crippen LogP contribution in [-0.4, -0.2) is 63.1 Å². The Morgan fingerprint density at radius 2 is 1.77 bits per heavy atom. The van der Waals surface area contributed by atoms with Crippen LogP contribution in [0.1, 0.15) is 46.4 Å². The Labute approximate surface area is 212 Å². The number of ether oxygens (including phenoxy) is 2. The third-order valence-electron chi connectivity index (χ3n) is 5.04. The molecule has 35 heavy (non-hydrogen) atoms. The number of aryl methyl sites for hydroxylation is 2. The monoisotopic (exact) mass is 498 g/mol. The molecule has 1 saturated heterocycles. The molecule has 0 spiro atoms. The number of morpholine rings is 1. The molecule has 0 saturated carbocycles. The smallest absolute Gasteiger partial charge is 0.292 e. The van der Waals surface area contributed by atoms with Crippen molar-refractivity contribution in [2.45, 2.75) is 34.6 Å². The van der Waals surface area contributed by atoms with Crippen LogP contribution in [-0.2, 0) is 19.1 Å². The number of carbonyl (C=O) groups excluding carboxylic acids is 3. The highest BCUT2D eigenvalue weighted by Crippen LogP contribution is 2.31. The molecule has 1 aromatic heterocycles. The van der Waals surface area contributed by atoms with E-state index in [4.69, 9.17) is 9.53 Å². The lowest BCUT2D eigenvalue weighted by molar-refractivity contribution is -0.133. The van der Waals surface area contributed by atoms with E-state index in [2.05, 4.69) is 37.3 Å². The number of methoxy groups -OCH3 is 1. The Morgan fingerprint density at radius 3 is 2.31 bits per heavy atom. The first-order chi connectivity index (χ1) is 16.6. The molecule has 8 heteroatoms. The molecule has 0 aliphatic carbocycles. The van der Waals surface area contributed by atoms with E-state index in [9.17, 15) is 9.59 Å². The second-order valence-corrected chi connectivity index (χ2v) is 10.4. The first-order valence-corrected chi connectivity index (χ1v) is 12.2. The molecule has 1 fully saturated rings. The van der Waals surface area contributed by atoms with Crippen molar-refractivity contribution in [2.24, 2.45) is 5.41 Å². The molecule has 0 bridgehead atoms. The van der Waals surface area contributed by atoms with Crippen molar-refractivity contribution in [2.75, 3.05) is 44.9 Å². The molecule has 0 radical (unpaired) electrons. The highest BCUT2D eigenvalue weighted by atomic mass is 32.1. The fourth-order valence-corrected chi connectivity index (χ4v) is 4.09. The lowest BCUT2D eigenvalue weighted by Gasteiger charge is -2.30. The van der Waals surface area contributed by atoms with Crippen molar-refractivity contribution in [3.63, 3.8) is 0 Å². The van der Waals surface area contributed by atoms with Crippen molar-refractivity contribution in [1.29, 1.82) is 0 Å².